The van der Waals surface area contributed by atoms with Crippen LogP contribution in [0.4, 0.5) is 0 Å². The molecule has 0 saturated heterocycles. The van der Waals surface area contributed by atoms with E-state index in [4.69, 9.17) is 19.7 Å². The Labute approximate surface area is 58.7 Å². The van der Waals surface area contributed by atoms with Crippen molar-refractivity contribution < 1.29 is 19.7 Å². The van der Waals surface area contributed by atoms with Crippen LogP contribution in [-0.2, 0) is 9.47 Å². The first-order valence-corrected chi connectivity index (χ1v) is 3.06. The minimum Gasteiger partial charge on any atom is -0.488 e. The Morgan fingerprint density at radius 3 is 1.70 bits per heavy atom. The summed E-state index contributed by atoms with van der Waals surface area (Å²) in [6, 6.07) is 0. The molecule has 0 aromatic rings. The van der Waals surface area contributed by atoms with Gasteiger partial charge in [0, 0.05) is 0 Å². The maximum atomic E-state index is 8.64. The van der Waals surface area contributed by atoms with Gasteiger partial charge in [-0.1, -0.05) is 0 Å². The second-order valence-electron chi connectivity index (χ2n) is 1.99. The highest BCUT2D eigenvalue weighted by Crippen LogP contribution is 2.09. The van der Waals surface area contributed by atoms with Gasteiger partial charge in [0.25, 0.3) is 0 Å². The fraction of sp³-hybridized carbons (Fsp3) is 0.667. The van der Waals surface area contributed by atoms with Gasteiger partial charge in [-0.2, -0.15) is 0 Å². The van der Waals surface area contributed by atoms with E-state index in [2.05, 4.69) is 0 Å². The van der Waals surface area contributed by atoms with Gasteiger partial charge in [0.2, 0.25) is 0 Å². The van der Waals surface area contributed by atoms with Gasteiger partial charge in [-0.05, 0) is 0 Å². The van der Waals surface area contributed by atoms with Gasteiger partial charge in [-0.25, -0.2) is 0 Å². The van der Waals surface area contributed by atoms with E-state index < -0.39 is 12.2 Å². The average Bonchev–Trinajstić information content (AvgIpc) is 2.04. The lowest BCUT2D eigenvalue weighted by Crippen LogP contribution is -2.37. The van der Waals surface area contributed by atoms with Crippen LogP contribution in [0, 0.1) is 0 Å². The van der Waals surface area contributed by atoms with Crippen LogP contribution in [0.25, 0.3) is 0 Å². The Morgan fingerprint density at radius 1 is 1.00 bits per heavy atom. The Morgan fingerprint density at radius 2 is 1.40 bits per heavy atom. The zero-order chi connectivity index (χ0) is 7.40. The predicted molar refractivity (Wildman–Crippen MR) is 33.1 cm³/mol. The van der Waals surface area contributed by atoms with Crippen LogP contribution in [0.2, 0.25) is 0 Å². The third-order valence-electron chi connectivity index (χ3n) is 1.34. The van der Waals surface area contributed by atoms with Gasteiger partial charge < -0.3 is 19.7 Å². The normalized spacial score (nSPS) is 31.0. The largest absolute Gasteiger partial charge is 0.488 e. The number of rotatable bonds is 2. The molecular weight excluding hydrogens is 136 g/mol. The van der Waals surface area contributed by atoms with E-state index in [-0.39, 0.29) is 13.2 Å². The van der Waals surface area contributed by atoms with E-state index in [1.165, 1.54) is 12.5 Å². The van der Waals surface area contributed by atoms with Crippen LogP contribution in [0.1, 0.15) is 0 Å². The van der Waals surface area contributed by atoms with Gasteiger partial charge in [0.15, 0.2) is 12.2 Å². The number of aliphatic hydroxyl groups excluding tert-OH is 2. The quantitative estimate of drug-likeness (QED) is 0.537. The minimum atomic E-state index is -0.435. The minimum absolute atomic E-state index is 0.143. The molecule has 0 aromatic heterocycles. The van der Waals surface area contributed by atoms with Crippen LogP contribution in [0.15, 0.2) is 12.5 Å². The van der Waals surface area contributed by atoms with Crippen LogP contribution in [-0.4, -0.2) is 35.6 Å². The molecule has 2 N–H and O–H groups in total. The van der Waals surface area contributed by atoms with E-state index in [1.807, 2.05) is 0 Å². The van der Waals surface area contributed by atoms with Gasteiger partial charge in [-0.15, -0.1) is 0 Å². The zero-order valence-electron chi connectivity index (χ0n) is 5.43. The van der Waals surface area contributed by atoms with Gasteiger partial charge in [0.05, 0.1) is 13.2 Å². The molecule has 0 amide bonds. The smallest absolute Gasteiger partial charge is 0.160 e. The van der Waals surface area contributed by atoms with Crippen molar-refractivity contribution in [3.63, 3.8) is 0 Å². The molecule has 0 bridgehead atoms. The van der Waals surface area contributed by atoms with Crippen molar-refractivity contribution in [1.82, 2.24) is 0 Å². The molecule has 2 unspecified atom stereocenters. The van der Waals surface area contributed by atoms with Crippen molar-refractivity contribution in [3.8, 4) is 0 Å². The molecule has 0 saturated carbocycles. The lowest BCUT2D eigenvalue weighted by atomic mass is 10.2. The molecular formula is C6H10O4. The predicted octanol–water partition coefficient (Wildman–Crippen LogP) is -0.774. The molecule has 1 aliphatic rings. The van der Waals surface area contributed by atoms with E-state index in [0.717, 1.165) is 0 Å². The standard InChI is InChI=1S/C6H10O4/c7-3-5-6(4-8)10-2-1-9-5/h1-2,5-8H,3-4H2. The molecule has 1 heterocycles. The molecule has 1 rings (SSSR count). The van der Waals surface area contributed by atoms with E-state index >= 15 is 0 Å². The van der Waals surface area contributed by atoms with E-state index in [0.29, 0.717) is 0 Å². The van der Waals surface area contributed by atoms with Crippen LogP contribution >= 0.6 is 0 Å². The van der Waals surface area contributed by atoms with Crippen molar-refractivity contribution in [3.05, 3.63) is 12.5 Å². The molecule has 4 heteroatoms. The van der Waals surface area contributed by atoms with E-state index in [1.54, 1.807) is 0 Å². The summed E-state index contributed by atoms with van der Waals surface area (Å²) in [6.07, 6.45) is 1.84. The number of hydrogen-bond donors (Lipinski definition) is 2. The molecule has 4 nitrogen and oxygen atoms in total. The summed E-state index contributed by atoms with van der Waals surface area (Å²) in [5.41, 5.74) is 0. The number of ether oxygens (including phenoxy) is 2. The van der Waals surface area contributed by atoms with Crippen LogP contribution in [0.5, 0.6) is 0 Å². The summed E-state index contributed by atoms with van der Waals surface area (Å²) in [6.45, 7) is -0.287. The highest BCUT2D eigenvalue weighted by molar-refractivity contribution is 4.80. The maximum absolute atomic E-state index is 8.64. The van der Waals surface area contributed by atoms with Crippen molar-refractivity contribution in [1.29, 1.82) is 0 Å². The highest BCUT2D eigenvalue weighted by atomic mass is 16.6. The third-order valence-corrected chi connectivity index (χ3v) is 1.34. The molecule has 0 fully saturated rings. The molecule has 58 valence electrons. The first-order valence-electron chi connectivity index (χ1n) is 3.06. The number of aliphatic hydroxyl groups is 2. The summed E-state index contributed by atoms with van der Waals surface area (Å²) < 4.78 is 9.83. The summed E-state index contributed by atoms with van der Waals surface area (Å²) in [7, 11) is 0. The first kappa shape index (κ1) is 7.37. The highest BCUT2D eigenvalue weighted by Gasteiger charge is 2.23. The molecule has 0 aromatic carbocycles. The SMILES string of the molecule is OCC1OC=COC1CO. The summed E-state index contributed by atoms with van der Waals surface area (Å²) in [4.78, 5) is 0. The lowest BCUT2D eigenvalue weighted by molar-refractivity contribution is -0.0762. The number of hydrogen-bond acceptors (Lipinski definition) is 4. The summed E-state index contributed by atoms with van der Waals surface area (Å²) in [5.74, 6) is 0. The Hall–Kier alpha value is -0.740. The molecule has 0 spiro atoms. The fourth-order valence-electron chi connectivity index (χ4n) is 0.762. The Balaban J connectivity index is 2.45. The first-order chi connectivity index (χ1) is 4.88. The van der Waals surface area contributed by atoms with Crippen molar-refractivity contribution in [2.45, 2.75) is 12.2 Å². The summed E-state index contributed by atoms with van der Waals surface area (Å²) in [5, 5.41) is 17.3. The topological polar surface area (TPSA) is 58.9 Å². The zero-order valence-corrected chi connectivity index (χ0v) is 5.43. The van der Waals surface area contributed by atoms with Gasteiger partial charge >= 0.3 is 0 Å². The van der Waals surface area contributed by atoms with Crippen LogP contribution < -0.4 is 0 Å². The van der Waals surface area contributed by atoms with Crippen molar-refractivity contribution >= 4 is 0 Å². The summed E-state index contributed by atoms with van der Waals surface area (Å²) >= 11 is 0. The van der Waals surface area contributed by atoms with Gasteiger partial charge in [-0.3, -0.25) is 0 Å². The Kier molecular flexibility index (Phi) is 2.53. The lowest BCUT2D eigenvalue weighted by Gasteiger charge is -2.25. The maximum Gasteiger partial charge on any atom is 0.160 e. The monoisotopic (exact) mass is 146 g/mol. The molecule has 0 radical (unpaired) electrons. The van der Waals surface area contributed by atoms with E-state index in [9.17, 15) is 0 Å². The fourth-order valence-corrected chi connectivity index (χ4v) is 0.762. The third kappa shape index (κ3) is 1.40. The average molecular weight is 146 g/mol. The second-order valence-corrected chi connectivity index (χ2v) is 1.99. The van der Waals surface area contributed by atoms with Crippen molar-refractivity contribution in [2.24, 2.45) is 0 Å². The molecule has 2 atom stereocenters. The molecule has 0 aliphatic carbocycles. The Bertz CT molecular complexity index is 109. The van der Waals surface area contributed by atoms with Crippen LogP contribution in [0.3, 0.4) is 0 Å². The molecule has 1 aliphatic heterocycles. The second kappa shape index (κ2) is 3.43. The van der Waals surface area contributed by atoms with Crippen molar-refractivity contribution in [2.75, 3.05) is 13.2 Å². The van der Waals surface area contributed by atoms with Gasteiger partial charge in [0.1, 0.15) is 12.5 Å². The molecule has 10 heavy (non-hydrogen) atoms.